The Morgan fingerprint density at radius 1 is 1.47 bits per heavy atom. The van der Waals surface area contributed by atoms with Gasteiger partial charge in [0.15, 0.2) is 6.04 Å². The molecule has 92 valence electrons. The first-order valence-electron chi connectivity index (χ1n) is 4.86. The lowest BCUT2D eigenvalue weighted by Gasteiger charge is -2.12. The van der Waals surface area contributed by atoms with Crippen LogP contribution in [0.2, 0.25) is 5.02 Å². The first kappa shape index (κ1) is 13.5. The van der Waals surface area contributed by atoms with Crippen LogP contribution < -0.4 is 5.32 Å². The van der Waals surface area contributed by atoms with E-state index in [1.165, 1.54) is 12.1 Å². The normalized spacial score (nSPS) is 11.9. The standard InChI is InChI=1S/C11H12ClNO4/c1-6-4-7(12)2-3-8(6)10(15)13-9(5-14)11(16)17/h2-4,9,14H,5H2,1H3,(H,13,15)(H,16,17)/t9-/m0/s1. The van der Waals surface area contributed by atoms with Crippen molar-refractivity contribution in [2.75, 3.05) is 6.61 Å². The molecule has 1 rings (SSSR count). The fraction of sp³-hybridized carbons (Fsp3) is 0.273. The van der Waals surface area contributed by atoms with Gasteiger partial charge in [-0.1, -0.05) is 11.6 Å². The fourth-order valence-corrected chi connectivity index (χ4v) is 1.53. The van der Waals surface area contributed by atoms with Crippen LogP contribution in [0.5, 0.6) is 0 Å². The molecule has 0 heterocycles. The van der Waals surface area contributed by atoms with Crippen molar-refractivity contribution in [3.8, 4) is 0 Å². The van der Waals surface area contributed by atoms with Crippen molar-refractivity contribution in [1.82, 2.24) is 5.32 Å². The third-order valence-corrected chi connectivity index (χ3v) is 2.45. The monoisotopic (exact) mass is 257 g/mol. The highest BCUT2D eigenvalue weighted by atomic mass is 35.5. The number of aliphatic carboxylic acids is 1. The van der Waals surface area contributed by atoms with Gasteiger partial charge in [-0.2, -0.15) is 0 Å². The molecule has 5 nitrogen and oxygen atoms in total. The number of amides is 1. The number of rotatable bonds is 4. The average Bonchev–Trinajstić information content (AvgIpc) is 2.24. The molecule has 1 atom stereocenters. The Morgan fingerprint density at radius 3 is 2.59 bits per heavy atom. The summed E-state index contributed by atoms with van der Waals surface area (Å²) in [7, 11) is 0. The number of carbonyl (C=O) groups excluding carboxylic acids is 1. The third kappa shape index (κ3) is 3.44. The summed E-state index contributed by atoms with van der Waals surface area (Å²) < 4.78 is 0. The van der Waals surface area contributed by atoms with Crippen LogP contribution in [0.1, 0.15) is 15.9 Å². The van der Waals surface area contributed by atoms with E-state index >= 15 is 0 Å². The summed E-state index contributed by atoms with van der Waals surface area (Å²) in [5, 5.41) is 20.2. The van der Waals surface area contributed by atoms with Gasteiger partial charge in [-0.15, -0.1) is 0 Å². The molecule has 1 aromatic carbocycles. The largest absolute Gasteiger partial charge is 0.480 e. The number of halogens is 1. The molecule has 0 bridgehead atoms. The minimum atomic E-state index is -1.31. The van der Waals surface area contributed by atoms with Crippen molar-refractivity contribution in [2.45, 2.75) is 13.0 Å². The van der Waals surface area contributed by atoms with Gasteiger partial charge in [-0.25, -0.2) is 4.79 Å². The van der Waals surface area contributed by atoms with Gasteiger partial charge in [0.05, 0.1) is 6.61 Å². The van der Waals surface area contributed by atoms with E-state index in [9.17, 15) is 9.59 Å². The number of carboxylic acids is 1. The highest BCUT2D eigenvalue weighted by molar-refractivity contribution is 6.30. The molecule has 0 radical (unpaired) electrons. The van der Waals surface area contributed by atoms with Crippen molar-refractivity contribution < 1.29 is 19.8 Å². The maximum Gasteiger partial charge on any atom is 0.328 e. The molecule has 3 N–H and O–H groups in total. The minimum absolute atomic E-state index is 0.328. The van der Waals surface area contributed by atoms with Crippen LogP contribution in [-0.4, -0.2) is 34.7 Å². The lowest BCUT2D eigenvalue weighted by atomic mass is 10.1. The molecule has 17 heavy (non-hydrogen) atoms. The Bertz CT molecular complexity index is 447. The van der Waals surface area contributed by atoms with E-state index in [0.29, 0.717) is 16.1 Å². The van der Waals surface area contributed by atoms with Gasteiger partial charge in [0.2, 0.25) is 0 Å². The predicted octanol–water partition coefficient (Wildman–Crippen LogP) is 0.824. The quantitative estimate of drug-likeness (QED) is 0.745. The van der Waals surface area contributed by atoms with Crippen molar-refractivity contribution in [3.63, 3.8) is 0 Å². The zero-order valence-electron chi connectivity index (χ0n) is 9.11. The van der Waals surface area contributed by atoms with Crippen molar-refractivity contribution in [2.24, 2.45) is 0 Å². The van der Waals surface area contributed by atoms with E-state index in [1.807, 2.05) is 0 Å². The SMILES string of the molecule is Cc1cc(Cl)ccc1C(=O)N[C@@H](CO)C(=O)O. The zero-order chi connectivity index (χ0) is 13.0. The molecule has 0 aromatic heterocycles. The van der Waals surface area contributed by atoms with Gasteiger partial charge in [0.25, 0.3) is 5.91 Å². The molecule has 0 aliphatic heterocycles. The molecular weight excluding hydrogens is 246 g/mol. The van der Waals surface area contributed by atoms with Crippen molar-refractivity contribution in [3.05, 3.63) is 34.3 Å². The van der Waals surface area contributed by atoms with E-state index in [0.717, 1.165) is 0 Å². The Morgan fingerprint density at radius 2 is 2.12 bits per heavy atom. The lowest BCUT2D eigenvalue weighted by molar-refractivity contribution is -0.140. The Balaban J connectivity index is 2.86. The third-order valence-electron chi connectivity index (χ3n) is 2.22. The first-order valence-corrected chi connectivity index (χ1v) is 5.24. The Labute approximate surface area is 103 Å². The van der Waals surface area contributed by atoms with E-state index in [-0.39, 0.29) is 0 Å². The van der Waals surface area contributed by atoms with Gasteiger partial charge in [0, 0.05) is 10.6 Å². The molecule has 0 saturated heterocycles. The summed E-state index contributed by atoms with van der Waals surface area (Å²) in [6.07, 6.45) is 0. The number of hydrogen-bond donors (Lipinski definition) is 3. The molecule has 1 amide bonds. The maximum atomic E-state index is 11.7. The summed E-state index contributed by atoms with van der Waals surface area (Å²) >= 11 is 5.74. The van der Waals surface area contributed by atoms with E-state index in [1.54, 1.807) is 13.0 Å². The van der Waals surface area contributed by atoms with Crippen LogP contribution in [0.4, 0.5) is 0 Å². The smallest absolute Gasteiger partial charge is 0.328 e. The molecule has 0 saturated carbocycles. The van der Waals surface area contributed by atoms with Crippen LogP contribution >= 0.6 is 11.6 Å². The lowest BCUT2D eigenvalue weighted by Crippen LogP contribution is -2.43. The van der Waals surface area contributed by atoms with Crippen molar-refractivity contribution in [1.29, 1.82) is 0 Å². The number of aryl methyl sites for hydroxylation is 1. The highest BCUT2D eigenvalue weighted by Crippen LogP contribution is 2.15. The van der Waals surface area contributed by atoms with Crippen LogP contribution in [0.3, 0.4) is 0 Å². The average molecular weight is 258 g/mol. The van der Waals surface area contributed by atoms with Crippen LogP contribution in [0, 0.1) is 6.92 Å². The van der Waals surface area contributed by atoms with Crippen molar-refractivity contribution >= 4 is 23.5 Å². The number of hydrogen-bond acceptors (Lipinski definition) is 3. The number of aliphatic hydroxyl groups excluding tert-OH is 1. The summed E-state index contributed by atoms with van der Waals surface area (Å²) in [5.74, 6) is -1.84. The molecule has 0 aliphatic rings. The summed E-state index contributed by atoms with van der Waals surface area (Å²) in [6, 6.07) is 3.34. The number of carboxylic acid groups (broad SMARTS) is 1. The molecule has 0 spiro atoms. The predicted molar refractivity (Wildman–Crippen MR) is 62.2 cm³/mol. The highest BCUT2D eigenvalue weighted by Gasteiger charge is 2.20. The second kappa shape index (κ2) is 5.65. The minimum Gasteiger partial charge on any atom is -0.480 e. The Hall–Kier alpha value is -1.59. The van der Waals surface area contributed by atoms with Gasteiger partial charge in [-0.05, 0) is 30.7 Å². The second-order valence-corrected chi connectivity index (χ2v) is 3.94. The van der Waals surface area contributed by atoms with E-state index in [2.05, 4.69) is 5.32 Å². The maximum absolute atomic E-state index is 11.7. The summed E-state index contributed by atoms with van der Waals surface area (Å²) in [4.78, 5) is 22.4. The van der Waals surface area contributed by atoms with Gasteiger partial charge < -0.3 is 15.5 Å². The molecular formula is C11H12ClNO4. The van der Waals surface area contributed by atoms with Gasteiger partial charge in [0.1, 0.15) is 0 Å². The van der Waals surface area contributed by atoms with E-state index < -0.39 is 24.5 Å². The van der Waals surface area contributed by atoms with Crippen LogP contribution in [0.25, 0.3) is 0 Å². The van der Waals surface area contributed by atoms with Gasteiger partial charge in [-0.3, -0.25) is 4.79 Å². The number of nitrogens with one attached hydrogen (secondary N) is 1. The topological polar surface area (TPSA) is 86.6 Å². The van der Waals surface area contributed by atoms with Crippen LogP contribution in [-0.2, 0) is 4.79 Å². The van der Waals surface area contributed by atoms with E-state index in [4.69, 9.17) is 21.8 Å². The first-order chi connectivity index (χ1) is 7.95. The van der Waals surface area contributed by atoms with Crippen LogP contribution in [0.15, 0.2) is 18.2 Å². The molecule has 0 fully saturated rings. The summed E-state index contributed by atoms with van der Waals surface area (Å²) in [5.41, 5.74) is 0.964. The number of aliphatic hydroxyl groups is 1. The number of carbonyl (C=O) groups is 2. The molecule has 6 heteroatoms. The fourth-order valence-electron chi connectivity index (χ4n) is 1.30. The molecule has 0 aliphatic carbocycles. The van der Waals surface area contributed by atoms with Gasteiger partial charge >= 0.3 is 5.97 Å². The molecule has 1 aromatic rings. The molecule has 0 unspecified atom stereocenters. The summed E-state index contributed by atoms with van der Waals surface area (Å²) in [6.45, 7) is 1.03. The number of benzene rings is 1. The Kier molecular flexibility index (Phi) is 4.48. The second-order valence-electron chi connectivity index (χ2n) is 3.51. The zero-order valence-corrected chi connectivity index (χ0v) is 9.86.